The summed E-state index contributed by atoms with van der Waals surface area (Å²) in [5.41, 5.74) is 21.9. The molecule has 0 saturated heterocycles. The second-order valence-corrected chi connectivity index (χ2v) is 11.3. The van der Waals surface area contributed by atoms with E-state index in [2.05, 4.69) is 20.6 Å². The third-order valence-corrected chi connectivity index (χ3v) is 7.78. The summed E-state index contributed by atoms with van der Waals surface area (Å²) in [6.45, 7) is 0. The first-order valence-corrected chi connectivity index (χ1v) is 15.9. The molecule has 0 fully saturated rings. The molecule has 52 heavy (non-hydrogen) atoms. The SMILES string of the molecule is CNc1cc(CSCc2cc(NC(=O)/C(N)=C/C=C(\N)n3ccnc3)c(C(=O)O)cc2F)c(F)cc1C(=O)O.N/C(C=O)=C\C=C(/N)n1ccnc1. The molecule has 0 aliphatic heterocycles. The fraction of sp³-hybridized carbons (Fsp3) is 0.0909. The third kappa shape index (κ3) is 11.1. The molecule has 19 heteroatoms. The van der Waals surface area contributed by atoms with E-state index in [1.807, 2.05) is 0 Å². The number of carbonyl (C=O) groups excluding carboxylic acids is 2. The van der Waals surface area contributed by atoms with Crippen molar-refractivity contribution in [1.29, 1.82) is 0 Å². The number of hydrogen-bond acceptors (Lipinski definition) is 12. The van der Waals surface area contributed by atoms with Crippen molar-refractivity contribution in [1.82, 2.24) is 19.1 Å². The minimum Gasteiger partial charge on any atom is -0.478 e. The van der Waals surface area contributed by atoms with Gasteiger partial charge in [0.05, 0.1) is 28.2 Å². The van der Waals surface area contributed by atoms with Gasteiger partial charge in [-0.3, -0.25) is 18.7 Å². The molecule has 0 aliphatic rings. The minimum absolute atomic E-state index is 0.0148. The summed E-state index contributed by atoms with van der Waals surface area (Å²) in [5, 5.41) is 23.7. The maximum atomic E-state index is 14.7. The van der Waals surface area contributed by atoms with Crippen LogP contribution >= 0.6 is 11.8 Å². The average Bonchev–Trinajstić information content (AvgIpc) is 3.87. The molecular weight excluding hydrogens is 702 g/mol. The number of carbonyl (C=O) groups is 4. The zero-order valence-electron chi connectivity index (χ0n) is 27.4. The van der Waals surface area contributed by atoms with Crippen LogP contribution in [0.5, 0.6) is 0 Å². The molecule has 0 atom stereocenters. The molecule has 1 amide bonds. The first kappa shape index (κ1) is 39.5. The highest BCUT2D eigenvalue weighted by Gasteiger charge is 2.19. The van der Waals surface area contributed by atoms with Crippen LogP contribution in [0, 0.1) is 11.6 Å². The Bertz CT molecular complexity index is 2050. The molecule has 0 unspecified atom stereocenters. The van der Waals surface area contributed by atoms with Crippen LogP contribution in [0.2, 0.25) is 0 Å². The lowest BCUT2D eigenvalue weighted by Gasteiger charge is -2.13. The van der Waals surface area contributed by atoms with Crippen molar-refractivity contribution in [2.45, 2.75) is 11.5 Å². The molecule has 0 spiro atoms. The van der Waals surface area contributed by atoms with Crippen molar-refractivity contribution >= 4 is 58.9 Å². The minimum atomic E-state index is -1.48. The van der Waals surface area contributed by atoms with Gasteiger partial charge in [0.2, 0.25) is 0 Å². The van der Waals surface area contributed by atoms with Gasteiger partial charge >= 0.3 is 11.9 Å². The molecule has 16 nitrogen and oxygen atoms in total. The van der Waals surface area contributed by atoms with Crippen molar-refractivity contribution in [3.8, 4) is 0 Å². The summed E-state index contributed by atoms with van der Waals surface area (Å²) in [6, 6.07) is 4.18. The Morgan fingerprint density at radius 2 is 1.27 bits per heavy atom. The Balaban J connectivity index is 0.000000471. The van der Waals surface area contributed by atoms with E-state index in [1.54, 1.807) is 29.5 Å². The van der Waals surface area contributed by atoms with Gasteiger partial charge in [-0.1, -0.05) is 0 Å². The number of amides is 1. The normalized spacial score (nSPS) is 12.1. The van der Waals surface area contributed by atoms with Crippen LogP contribution in [0.1, 0.15) is 31.8 Å². The monoisotopic (exact) mass is 736 g/mol. The predicted octanol–water partition coefficient (Wildman–Crippen LogP) is 2.95. The highest BCUT2D eigenvalue weighted by molar-refractivity contribution is 7.97. The van der Waals surface area contributed by atoms with Crippen LogP contribution in [0.25, 0.3) is 11.6 Å². The highest BCUT2D eigenvalue weighted by atomic mass is 32.2. The zero-order valence-corrected chi connectivity index (χ0v) is 28.2. The molecule has 272 valence electrons. The van der Waals surface area contributed by atoms with Gasteiger partial charge in [0, 0.05) is 49.0 Å². The molecule has 0 radical (unpaired) electrons. The van der Waals surface area contributed by atoms with E-state index in [1.165, 1.54) is 54.5 Å². The first-order valence-electron chi connectivity index (χ1n) is 14.7. The van der Waals surface area contributed by atoms with Crippen molar-refractivity contribution in [3.05, 3.63) is 131 Å². The Labute approximate surface area is 299 Å². The number of rotatable bonds is 14. The molecule has 2 heterocycles. The number of nitrogens with one attached hydrogen (secondary N) is 2. The molecule has 4 aromatic rings. The fourth-order valence-corrected chi connectivity index (χ4v) is 5.04. The molecule has 4 rings (SSSR count). The maximum absolute atomic E-state index is 14.7. The van der Waals surface area contributed by atoms with Crippen molar-refractivity contribution in [3.63, 3.8) is 0 Å². The van der Waals surface area contributed by atoms with Gasteiger partial charge in [0.25, 0.3) is 5.91 Å². The average molecular weight is 737 g/mol. The lowest BCUT2D eigenvalue weighted by molar-refractivity contribution is -0.113. The summed E-state index contributed by atoms with van der Waals surface area (Å²) in [6.07, 6.45) is 15.5. The number of nitrogens with zero attached hydrogens (tertiary/aromatic N) is 4. The molecule has 2 aromatic heterocycles. The highest BCUT2D eigenvalue weighted by Crippen LogP contribution is 2.29. The number of hydrogen-bond donors (Lipinski definition) is 8. The summed E-state index contributed by atoms with van der Waals surface area (Å²) in [4.78, 5) is 53.3. The Kier molecular flexibility index (Phi) is 14.3. The number of halogens is 2. The van der Waals surface area contributed by atoms with Gasteiger partial charge in [-0.05, 0) is 59.7 Å². The Morgan fingerprint density at radius 1 is 0.788 bits per heavy atom. The number of carboxylic acid groups (broad SMARTS) is 2. The van der Waals surface area contributed by atoms with Crippen LogP contribution in [0.4, 0.5) is 20.2 Å². The molecule has 0 bridgehead atoms. The largest absolute Gasteiger partial charge is 0.478 e. The summed E-state index contributed by atoms with van der Waals surface area (Å²) >= 11 is 1.10. The molecular formula is C33H34F2N10O6S. The van der Waals surface area contributed by atoms with Crippen molar-refractivity contribution < 1.29 is 38.2 Å². The number of allylic oxidation sites excluding steroid dienone is 5. The van der Waals surface area contributed by atoms with Crippen LogP contribution in [0.3, 0.4) is 0 Å². The van der Waals surface area contributed by atoms with Crippen LogP contribution < -0.4 is 33.6 Å². The lowest BCUT2D eigenvalue weighted by atomic mass is 10.1. The second kappa shape index (κ2) is 18.8. The second-order valence-electron chi connectivity index (χ2n) is 10.3. The molecule has 0 aliphatic carbocycles. The van der Waals surface area contributed by atoms with Gasteiger partial charge < -0.3 is 43.8 Å². The number of thioether (sulfide) groups is 1. The Hall–Kier alpha value is -6.89. The first-order chi connectivity index (χ1) is 24.7. The van der Waals surface area contributed by atoms with Gasteiger partial charge in [-0.15, -0.1) is 0 Å². The van der Waals surface area contributed by atoms with Crippen LogP contribution in [0.15, 0.2) is 97.4 Å². The van der Waals surface area contributed by atoms with E-state index < -0.39 is 35.0 Å². The van der Waals surface area contributed by atoms with Crippen LogP contribution in [-0.2, 0) is 21.1 Å². The predicted molar refractivity (Wildman–Crippen MR) is 192 cm³/mol. The molecule has 12 N–H and O–H groups in total. The van der Waals surface area contributed by atoms with E-state index in [0.717, 1.165) is 30.0 Å². The fourth-order valence-electron chi connectivity index (χ4n) is 4.05. The van der Waals surface area contributed by atoms with E-state index in [0.29, 0.717) is 12.1 Å². The quantitative estimate of drug-likeness (QED) is 0.0525. The van der Waals surface area contributed by atoms with E-state index in [9.17, 15) is 38.2 Å². The van der Waals surface area contributed by atoms with Crippen molar-refractivity contribution in [2.75, 3.05) is 17.7 Å². The number of anilines is 2. The number of imidazole rings is 2. The number of aromatic carboxylic acids is 2. The molecule has 0 saturated carbocycles. The van der Waals surface area contributed by atoms with E-state index in [4.69, 9.17) is 22.9 Å². The third-order valence-electron chi connectivity index (χ3n) is 6.75. The number of carboxylic acids is 2. The standard InChI is InChI=1S/C25H24F2N6O5S.C8H10N4O/c1-30-20-6-13(17(26)8-15(20)24(35)36)10-39-11-14-7-21(16(25(37)38)9-18(14)27)32-23(34)19(28)2-3-22(29)33-5-4-31-12-33;9-7(5-13)1-2-8(10)12-4-3-11-6-12/h2-9,12,30H,10-11,28-29H2,1H3,(H,32,34)(H,35,36)(H,37,38);1-6H,9-10H2/b19-2-,22-3+;7-1-,8-2+. The van der Waals surface area contributed by atoms with Crippen LogP contribution in [-0.4, -0.2) is 60.5 Å². The summed E-state index contributed by atoms with van der Waals surface area (Å²) in [5.74, 6) is -4.49. The number of nitrogens with two attached hydrogens (primary N) is 4. The van der Waals surface area contributed by atoms with Gasteiger partial charge in [-0.25, -0.2) is 28.3 Å². The smallest absolute Gasteiger partial charge is 0.337 e. The number of aldehydes is 1. The van der Waals surface area contributed by atoms with Gasteiger partial charge in [0.15, 0.2) is 6.29 Å². The van der Waals surface area contributed by atoms with E-state index >= 15 is 0 Å². The van der Waals surface area contributed by atoms with Gasteiger partial charge in [-0.2, -0.15) is 11.8 Å². The summed E-state index contributed by atoms with van der Waals surface area (Å²) < 4.78 is 32.2. The maximum Gasteiger partial charge on any atom is 0.337 e. The Morgan fingerprint density at radius 3 is 1.71 bits per heavy atom. The van der Waals surface area contributed by atoms with Gasteiger partial charge in [0.1, 0.15) is 35.9 Å². The summed E-state index contributed by atoms with van der Waals surface area (Å²) in [7, 11) is 1.50. The lowest BCUT2D eigenvalue weighted by Crippen LogP contribution is -2.22. The van der Waals surface area contributed by atoms with Crippen molar-refractivity contribution in [2.24, 2.45) is 22.9 Å². The number of aromatic nitrogens is 4. The van der Waals surface area contributed by atoms with E-state index in [-0.39, 0.29) is 56.8 Å². The topological polar surface area (TPSA) is 273 Å². The number of benzene rings is 2. The molecule has 2 aromatic carbocycles. The zero-order chi connectivity index (χ0) is 38.4.